The van der Waals surface area contributed by atoms with Gasteiger partial charge >= 0.3 is 0 Å². The molecule has 7 heteroatoms. The number of piperidine rings is 1. The third-order valence-corrected chi connectivity index (χ3v) is 4.54. The molecule has 0 spiro atoms. The molecule has 108 valence electrons. The van der Waals surface area contributed by atoms with Gasteiger partial charge in [0.05, 0.1) is 0 Å². The second-order valence-corrected chi connectivity index (χ2v) is 5.72. The maximum atomic E-state index is 12.4. The first kappa shape index (κ1) is 13.2. The second-order valence-electron chi connectivity index (χ2n) is 4.84. The summed E-state index contributed by atoms with van der Waals surface area (Å²) in [5, 5.41) is 12.6. The molecular weight excluding hydrogens is 282 g/mol. The number of carboxylic acids is 1. The van der Waals surface area contributed by atoms with Crippen LogP contribution >= 0.6 is 11.3 Å². The van der Waals surface area contributed by atoms with Crippen LogP contribution in [0.25, 0.3) is 0 Å². The number of carbonyl (C=O) groups excluding carboxylic acids is 2. The number of amides is 1. The Labute approximate surface area is 119 Å². The highest BCUT2D eigenvalue weighted by Gasteiger charge is 2.29. The van der Waals surface area contributed by atoms with Crippen molar-refractivity contribution in [1.82, 2.24) is 4.90 Å². The number of hydrogen-bond donors (Lipinski definition) is 0. The maximum absolute atomic E-state index is 12.4. The highest BCUT2D eigenvalue weighted by Crippen LogP contribution is 2.40. The molecule has 0 radical (unpaired) electrons. The summed E-state index contributed by atoms with van der Waals surface area (Å²) in [5.74, 6) is -0.445. The van der Waals surface area contributed by atoms with Crippen LogP contribution in [0.2, 0.25) is 0 Å². The minimum absolute atomic E-state index is 0.112. The van der Waals surface area contributed by atoms with Crippen LogP contribution in [0, 0.1) is 5.92 Å². The Kier molecular flexibility index (Phi) is 3.52. The van der Waals surface area contributed by atoms with Crippen molar-refractivity contribution in [2.45, 2.75) is 12.8 Å². The summed E-state index contributed by atoms with van der Waals surface area (Å²) in [5.41, 5.74) is 0. The molecule has 3 heterocycles. The van der Waals surface area contributed by atoms with Crippen molar-refractivity contribution < 1.29 is 24.2 Å². The molecule has 0 aliphatic carbocycles. The molecule has 1 amide bonds. The van der Waals surface area contributed by atoms with Crippen molar-refractivity contribution >= 4 is 23.2 Å². The molecule has 3 rings (SSSR count). The minimum atomic E-state index is -1.03. The van der Waals surface area contributed by atoms with E-state index in [9.17, 15) is 14.7 Å². The lowest BCUT2D eigenvalue weighted by Crippen LogP contribution is -2.43. The second kappa shape index (κ2) is 5.32. The molecule has 0 atom stereocenters. The largest absolute Gasteiger partial charge is 0.550 e. The van der Waals surface area contributed by atoms with Crippen molar-refractivity contribution in [2.24, 2.45) is 5.92 Å². The van der Waals surface area contributed by atoms with Crippen LogP contribution in [0.5, 0.6) is 11.5 Å². The third kappa shape index (κ3) is 2.33. The van der Waals surface area contributed by atoms with Crippen LogP contribution in [0.1, 0.15) is 22.5 Å². The lowest BCUT2D eigenvalue weighted by Gasteiger charge is -2.32. The van der Waals surface area contributed by atoms with Gasteiger partial charge in [0.15, 0.2) is 11.5 Å². The molecule has 0 unspecified atom stereocenters. The van der Waals surface area contributed by atoms with E-state index in [0.29, 0.717) is 55.5 Å². The number of likely N-dealkylation sites (tertiary alicyclic amines) is 1. The highest BCUT2D eigenvalue weighted by atomic mass is 32.1. The number of rotatable bonds is 2. The first-order valence-electron chi connectivity index (χ1n) is 6.54. The number of aliphatic carboxylic acids is 1. The zero-order chi connectivity index (χ0) is 14.1. The van der Waals surface area contributed by atoms with E-state index in [1.807, 2.05) is 0 Å². The summed E-state index contributed by atoms with van der Waals surface area (Å²) in [6.07, 6.45) is 0.887. The van der Waals surface area contributed by atoms with Gasteiger partial charge < -0.3 is 24.3 Å². The van der Waals surface area contributed by atoms with E-state index in [4.69, 9.17) is 9.47 Å². The summed E-state index contributed by atoms with van der Waals surface area (Å²) < 4.78 is 10.9. The molecule has 1 fully saturated rings. The number of nitrogens with zero attached hydrogens (tertiary/aromatic N) is 1. The molecular formula is C13H14NO5S-. The molecule has 0 bridgehead atoms. The molecule has 1 saturated heterocycles. The van der Waals surface area contributed by atoms with Gasteiger partial charge in [-0.1, -0.05) is 0 Å². The van der Waals surface area contributed by atoms with E-state index in [1.54, 1.807) is 10.3 Å². The SMILES string of the molecule is O=C([O-])C1CCN(C(=O)c2scc3c2OCCO3)CC1. The molecule has 1 aromatic heterocycles. The Morgan fingerprint density at radius 1 is 1.25 bits per heavy atom. The van der Waals surface area contributed by atoms with Gasteiger partial charge in [-0.15, -0.1) is 11.3 Å². The van der Waals surface area contributed by atoms with Gasteiger partial charge in [0.25, 0.3) is 5.91 Å². The normalized spacial score (nSPS) is 18.9. The van der Waals surface area contributed by atoms with E-state index in [-0.39, 0.29) is 5.91 Å². The lowest BCUT2D eigenvalue weighted by atomic mass is 9.97. The van der Waals surface area contributed by atoms with Crippen LogP contribution in [0.4, 0.5) is 0 Å². The molecule has 20 heavy (non-hydrogen) atoms. The number of ether oxygens (including phenoxy) is 2. The van der Waals surface area contributed by atoms with Crippen molar-refractivity contribution in [2.75, 3.05) is 26.3 Å². The molecule has 0 N–H and O–H groups in total. The van der Waals surface area contributed by atoms with Crippen LogP contribution < -0.4 is 14.6 Å². The molecule has 2 aliphatic heterocycles. The van der Waals surface area contributed by atoms with Gasteiger partial charge in [0.2, 0.25) is 0 Å². The van der Waals surface area contributed by atoms with Crippen LogP contribution in [0.3, 0.4) is 0 Å². The predicted molar refractivity (Wildman–Crippen MR) is 68.9 cm³/mol. The van der Waals surface area contributed by atoms with Gasteiger partial charge in [-0.3, -0.25) is 4.79 Å². The average molecular weight is 296 g/mol. The van der Waals surface area contributed by atoms with Crippen LogP contribution in [0.15, 0.2) is 5.38 Å². The number of carbonyl (C=O) groups is 2. The van der Waals surface area contributed by atoms with Crippen molar-refractivity contribution in [1.29, 1.82) is 0 Å². The van der Waals surface area contributed by atoms with E-state index in [0.717, 1.165) is 0 Å². The summed E-state index contributed by atoms with van der Waals surface area (Å²) in [4.78, 5) is 25.5. The van der Waals surface area contributed by atoms with Gasteiger partial charge in [0, 0.05) is 30.4 Å². The topological polar surface area (TPSA) is 78.9 Å². The minimum Gasteiger partial charge on any atom is -0.550 e. The standard InChI is InChI=1S/C13H15NO5S/c15-12(14-3-1-8(2-4-14)13(16)17)11-10-9(7-20-11)18-5-6-19-10/h7-8H,1-6H2,(H,16,17)/p-1. The molecule has 6 nitrogen and oxygen atoms in total. The predicted octanol–water partition coefficient (Wildman–Crippen LogP) is 0.121. The van der Waals surface area contributed by atoms with Crippen LogP contribution in [-0.2, 0) is 4.79 Å². The van der Waals surface area contributed by atoms with Gasteiger partial charge in [-0.2, -0.15) is 0 Å². The maximum Gasteiger partial charge on any atom is 0.267 e. The summed E-state index contributed by atoms with van der Waals surface area (Å²) in [6, 6.07) is 0. The lowest BCUT2D eigenvalue weighted by molar-refractivity contribution is -0.312. The fourth-order valence-electron chi connectivity index (χ4n) is 2.47. The zero-order valence-electron chi connectivity index (χ0n) is 10.8. The summed E-state index contributed by atoms with van der Waals surface area (Å²) >= 11 is 1.30. The van der Waals surface area contributed by atoms with Crippen molar-refractivity contribution in [3.8, 4) is 11.5 Å². The Morgan fingerprint density at radius 3 is 2.65 bits per heavy atom. The molecule has 2 aliphatic rings. The number of thiophene rings is 1. The van der Waals surface area contributed by atoms with E-state index < -0.39 is 11.9 Å². The number of fused-ring (bicyclic) bond motifs is 1. The zero-order valence-corrected chi connectivity index (χ0v) is 11.6. The summed E-state index contributed by atoms with van der Waals surface area (Å²) in [7, 11) is 0. The van der Waals surface area contributed by atoms with Crippen LogP contribution in [-0.4, -0.2) is 43.1 Å². The van der Waals surface area contributed by atoms with Crippen molar-refractivity contribution in [3.63, 3.8) is 0 Å². The Morgan fingerprint density at radius 2 is 1.95 bits per heavy atom. The smallest absolute Gasteiger partial charge is 0.267 e. The van der Waals surface area contributed by atoms with E-state index in [1.165, 1.54) is 11.3 Å². The summed E-state index contributed by atoms with van der Waals surface area (Å²) in [6.45, 7) is 1.81. The molecule has 1 aromatic rings. The van der Waals surface area contributed by atoms with Crippen molar-refractivity contribution in [3.05, 3.63) is 10.3 Å². The van der Waals surface area contributed by atoms with Gasteiger partial charge in [0.1, 0.15) is 18.1 Å². The Hall–Kier alpha value is -1.76. The number of carboxylic acid groups (broad SMARTS) is 1. The molecule has 0 saturated carbocycles. The first-order chi connectivity index (χ1) is 9.66. The average Bonchev–Trinajstić information content (AvgIpc) is 2.90. The van der Waals surface area contributed by atoms with Gasteiger partial charge in [-0.25, -0.2) is 0 Å². The van der Waals surface area contributed by atoms with Gasteiger partial charge in [-0.05, 0) is 12.8 Å². The highest BCUT2D eigenvalue weighted by molar-refractivity contribution is 7.12. The quantitative estimate of drug-likeness (QED) is 0.774. The van der Waals surface area contributed by atoms with E-state index in [2.05, 4.69) is 0 Å². The Balaban J connectivity index is 1.71. The fourth-order valence-corrected chi connectivity index (χ4v) is 3.37. The fraction of sp³-hybridized carbons (Fsp3) is 0.538. The number of hydrogen-bond acceptors (Lipinski definition) is 6. The third-order valence-electron chi connectivity index (χ3n) is 3.61. The monoisotopic (exact) mass is 296 g/mol. The van der Waals surface area contributed by atoms with E-state index >= 15 is 0 Å². The Bertz CT molecular complexity index is 533. The first-order valence-corrected chi connectivity index (χ1v) is 7.42. The molecule has 0 aromatic carbocycles.